The van der Waals surface area contributed by atoms with Gasteiger partial charge in [-0.2, -0.15) is 4.98 Å². The number of anilines is 1. The summed E-state index contributed by atoms with van der Waals surface area (Å²) in [6.07, 6.45) is 4.30. The van der Waals surface area contributed by atoms with Crippen LogP contribution in [0.25, 0.3) is 11.1 Å². The number of fused-ring (bicyclic) bond motifs is 1. The van der Waals surface area contributed by atoms with Crippen LogP contribution in [0.1, 0.15) is 18.3 Å². The van der Waals surface area contributed by atoms with Gasteiger partial charge in [0.2, 0.25) is 0 Å². The van der Waals surface area contributed by atoms with E-state index in [2.05, 4.69) is 15.3 Å². The lowest BCUT2D eigenvalue weighted by Gasteiger charge is -2.18. The summed E-state index contributed by atoms with van der Waals surface area (Å²) in [5.41, 5.74) is 1.05. The third-order valence-electron chi connectivity index (χ3n) is 3.86. The minimum absolute atomic E-state index is 0.0130. The Hall–Kier alpha value is -2.41. The molecular formula is C15H15FN4O2. The van der Waals surface area contributed by atoms with Crippen LogP contribution in [0.2, 0.25) is 0 Å². The van der Waals surface area contributed by atoms with Gasteiger partial charge in [-0.1, -0.05) is 0 Å². The van der Waals surface area contributed by atoms with Crippen molar-refractivity contribution in [3.63, 3.8) is 0 Å². The molecule has 1 saturated heterocycles. The van der Waals surface area contributed by atoms with Crippen LogP contribution in [0.4, 0.5) is 10.4 Å². The lowest BCUT2D eigenvalue weighted by molar-refractivity contribution is 0.0980. The first-order valence-electron chi connectivity index (χ1n) is 7.12. The molecule has 1 aromatic carbocycles. The number of rotatable bonds is 3. The molecule has 0 saturated carbocycles. The van der Waals surface area contributed by atoms with E-state index >= 15 is 0 Å². The molecule has 1 aliphatic rings. The highest BCUT2D eigenvalue weighted by molar-refractivity contribution is 5.74. The van der Waals surface area contributed by atoms with Crippen molar-refractivity contribution in [2.75, 3.05) is 11.9 Å². The molecule has 1 fully saturated rings. The molecule has 3 aromatic rings. The van der Waals surface area contributed by atoms with E-state index in [1.165, 1.54) is 12.1 Å². The summed E-state index contributed by atoms with van der Waals surface area (Å²) in [5.74, 6) is 0.527. The number of halogens is 1. The van der Waals surface area contributed by atoms with E-state index in [0.29, 0.717) is 23.7 Å². The molecule has 0 spiro atoms. The number of aromatic nitrogens is 3. The lowest BCUT2D eigenvalue weighted by atomic mass is 10.1. The van der Waals surface area contributed by atoms with Gasteiger partial charge in [0.15, 0.2) is 5.58 Å². The molecule has 3 heterocycles. The number of nitrogens with zero attached hydrogens (tertiary/aromatic N) is 3. The van der Waals surface area contributed by atoms with E-state index < -0.39 is 0 Å². The Morgan fingerprint density at radius 1 is 1.41 bits per heavy atom. The average molecular weight is 302 g/mol. The summed E-state index contributed by atoms with van der Waals surface area (Å²) in [6, 6.07) is 4.66. The van der Waals surface area contributed by atoms with Gasteiger partial charge in [0, 0.05) is 32.1 Å². The van der Waals surface area contributed by atoms with Crippen molar-refractivity contribution in [2.24, 2.45) is 7.05 Å². The minimum atomic E-state index is -0.331. The fourth-order valence-corrected chi connectivity index (χ4v) is 2.76. The maximum atomic E-state index is 13.2. The largest absolute Gasteiger partial charge is 0.424 e. The first-order chi connectivity index (χ1) is 10.7. The van der Waals surface area contributed by atoms with Crippen molar-refractivity contribution < 1.29 is 13.5 Å². The van der Waals surface area contributed by atoms with Crippen LogP contribution in [-0.2, 0) is 11.8 Å². The van der Waals surface area contributed by atoms with Crippen molar-refractivity contribution in [3.8, 4) is 0 Å². The van der Waals surface area contributed by atoms with Crippen molar-refractivity contribution >= 4 is 17.1 Å². The molecule has 22 heavy (non-hydrogen) atoms. The fourth-order valence-electron chi connectivity index (χ4n) is 2.76. The zero-order valence-corrected chi connectivity index (χ0v) is 12.0. The summed E-state index contributed by atoms with van der Waals surface area (Å²) in [7, 11) is 1.93. The average Bonchev–Trinajstić information content (AvgIpc) is 3.18. The fraction of sp³-hybridized carbons (Fsp3) is 0.333. The molecule has 7 heteroatoms. The summed E-state index contributed by atoms with van der Waals surface area (Å²) in [5, 5.41) is 3.24. The van der Waals surface area contributed by atoms with E-state index in [0.717, 1.165) is 12.2 Å². The molecule has 4 rings (SSSR count). The van der Waals surface area contributed by atoms with Crippen LogP contribution >= 0.6 is 0 Å². The molecule has 114 valence electrons. The first-order valence-corrected chi connectivity index (χ1v) is 7.12. The van der Waals surface area contributed by atoms with Gasteiger partial charge >= 0.3 is 0 Å². The second-order valence-electron chi connectivity index (χ2n) is 5.36. The first kappa shape index (κ1) is 13.3. The molecule has 0 unspecified atom stereocenters. The van der Waals surface area contributed by atoms with E-state index in [9.17, 15) is 4.39 Å². The Labute approximate surface area is 125 Å². The Morgan fingerprint density at radius 3 is 3.14 bits per heavy atom. The summed E-state index contributed by atoms with van der Waals surface area (Å²) in [6.45, 7) is 0.643. The standard InChI is InChI=1S/C15H15FN4O2/c1-20-6-5-17-14(20)13-10(4-7-21-13)18-15-19-11-8-9(16)2-3-12(11)22-15/h2-3,5-6,8,10,13H,4,7H2,1H3,(H,18,19)/t10-,13-/m0/s1. The van der Waals surface area contributed by atoms with Crippen LogP contribution in [0.15, 0.2) is 35.0 Å². The number of ether oxygens (including phenoxy) is 1. The van der Waals surface area contributed by atoms with E-state index in [4.69, 9.17) is 9.15 Å². The zero-order valence-electron chi connectivity index (χ0n) is 12.0. The van der Waals surface area contributed by atoms with Crippen LogP contribution in [0.3, 0.4) is 0 Å². The smallest absolute Gasteiger partial charge is 0.296 e. The van der Waals surface area contributed by atoms with Crippen molar-refractivity contribution in [2.45, 2.75) is 18.6 Å². The minimum Gasteiger partial charge on any atom is -0.424 e. The second-order valence-corrected chi connectivity index (χ2v) is 5.36. The van der Waals surface area contributed by atoms with Gasteiger partial charge in [-0.05, 0) is 18.6 Å². The van der Waals surface area contributed by atoms with Crippen LogP contribution in [0, 0.1) is 5.82 Å². The van der Waals surface area contributed by atoms with Gasteiger partial charge in [0.25, 0.3) is 6.01 Å². The molecule has 0 aliphatic carbocycles. The molecule has 0 amide bonds. The number of oxazole rings is 1. The van der Waals surface area contributed by atoms with Gasteiger partial charge < -0.3 is 19.0 Å². The van der Waals surface area contributed by atoms with Gasteiger partial charge in [0.1, 0.15) is 23.3 Å². The highest BCUT2D eigenvalue weighted by Gasteiger charge is 2.33. The number of imidazole rings is 1. The highest BCUT2D eigenvalue weighted by Crippen LogP contribution is 2.31. The van der Waals surface area contributed by atoms with E-state index in [-0.39, 0.29) is 18.0 Å². The van der Waals surface area contributed by atoms with Crippen LogP contribution in [0.5, 0.6) is 0 Å². The maximum absolute atomic E-state index is 13.2. The lowest BCUT2D eigenvalue weighted by Crippen LogP contribution is -2.25. The topological polar surface area (TPSA) is 65.1 Å². The summed E-state index contributed by atoms with van der Waals surface area (Å²) in [4.78, 5) is 8.62. The summed E-state index contributed by atoms with van der Waals surface area (Å²) < 4.78 is 26.5. The maximum Gasteiger partial charge on any atom is 0.296 e. The predicted molar refractivity (Wildman–Crippen MR) is 77.9 cm³/mol. The van der Waals surface area contributed by atoms with Gasteiger partial charge in [-0.25, -0.2) is 9.37 Å². The van der Waals surface area contributed by atoms with Crippen LogP contribution < -0.4 is 5.32 Å². The molecule has 1 aliphatic heterocycles. The molecule has 2 aromatic heterocycles. The number of benzene rings is 1. The summed E-state index contributed by atoms with van der Waals surface area (Å²) >= 11 is 0. The van der Waals surface area contributed by atoms with E-state index in [1.807, 2.05) is 17.8 Å². The van der Waals surface area contributed by atoms with Gasteiger partial charge in [-0.3, -0.25) is 0 Å². The molecular weight excluding hydrogens is 287 g/mol. The number of aryl methyl sites for hydroxylation is 1. The molecule has 0 radical (unpaired) electrons. The molecule has 1 N–H and O–H groups in total. The highest BCUT2D eigenvalue weighted by atomic mass is 19.1. The molecule has 0 bridgehead atoms. The number of nitrogens with one attached hydrogen (secondary N) is 1. The van der Waals surface area contributed by atoms with Crippen molar-refractivity contribution in [1.82, 2.24) is 14.5 Å². The Bertz CT molecular complexity index is 813. The number of hydrogen-bond donors (Lipinski definition) is 1. The SMILES string of the molecule is Cn1ccnc1[C@H]1OCC[C@@H]1Nc1nc2cc(F)ccc2o1. The molecule has 6 nitrogen and oxygen atoms in total. The van der Waals surface area contributed by atoms with Gasteiger partial charge in [-0.15, -0.1) is 0 Å². The normalized spacial score (nSPS) is 21.5. The number of hydrogen-bond acceptors (Lipinski definition) is 5. The Morgan fingerprint density at radius 2 is 2.32 bits per heavy atom. The second kappa shape index (κ2) is 5.10. The van der Waals surface area contributed by atoms with E-state index in [1.54, 1.807) is 12.3 Å². The van der Waals surface area contributed by atoms with Crippen molar-refractivity contribution in [3.05, 3.63) is 42.2 Å². The van der Waals surface area contributed by atoms with Crippen LogP contribution in [-0.4, -0.2) is 27.2 Å². The monoisotopic (exact) mass is 302 g/mol. The zero-order chi connectivity index (χ0) is 15.1. The Kier molecular flexibility index (Phi) is 3.07. The predicted octanol–water partition coefficient (Wildman–Crippen LogP) is 2.64. The van der Waals surface area contributed by atoms with Crippen molar-refractivity contribution in [1.29, 1.82) is 0 Å². The molecule has 2 atom stereocenters. The Balaban J connectivity index is 1.59. The third-order valence-corrected chi connectivity index (χ3v) is 3.86. The van der Waals surface area contributed by atoms with Gasteiger partial charge in [0.05, 0.1) is 6.04 Å². The quantitative estimate of drug-likeness (QED) is 0.805. The third kappa shape index (κ3) is 2.23.